The van der Waals surface area contributed by atoms with Crippen molar-refractivity contribution < 1.29 is 14.3 Å². The molecule has 136 valence electrons. The number of hydrogen-bond donors (Lipinski definition) is 1. The van der Waals surface area contributed by atoms with E-state index >= 15 is 0 Å². The fraction of sp³-hybridized carbons (Fsp3) is 0.333. The second-order valence-electron chi connectivity index (χ2n) is 5.69. The lowest BCUT2D eigenvalue weighted by Gasteiger charge is -2.06. The van der Waals surface area contributed by atoms with Gasteiger partial charge in [-0.15, -0.1) is 16.4 Å². The van der Waals surface area contributed by atoms with Crippen LogP contribution in [-0.4, -0.2) is 39.5 Å². The molecule has 3 rings (SSSR count). The summed E-state index contributed by atoms with van der Waals surface area (Å²) in [4.78, 5) is 28.9. The summed E-state index contributed by atoms with van der Waals surface area (Å²) in [6.45, 7) is 4.38. The largest absolute Gasteiger partial charge is 0.466 e. The van der Waals surface area contributed by atoms with Crippen LogP contribution in [0.1, 0.15) is 36.4 Å². The minimum Gasteiger partial charge on any atom is -0.466 e. The van der Waals surface area contributed by atoms with Gasteiger partial charge in [-0.3, -0.25) is 9.59 Å². The number of carbonyl (C=O) groups excluding carboxylic acids is 2. The molecule has 26 heavy (non-hydrogen) atoms. The topological polar surface area (TPSA) is 85.6 Å². The third-order valence-corrected chi connectivity index (χ3v) is 4.95. The molecule has 0 spiro atoms. The Morgan fingerprint density at radius 3 is 2.85 bits per heavy atom. The Hall–Kier alpha value is -2.74. The number of ketones is 1. The summed E-state index contributed by atoms with van der Waals surface area (Å²) < 4.78 is 6.66. The number of Topliss-reactive ketones (excluding diaryl/α,β-unsaturated/α-hetero) is 1. The average Bonchev–Trinajstić information content (AvgIpc) is 3.25. The first-order chi connectivity index (χ1) is 12.6. The molecule has 0 amide bonds. The van der Waals surface area contributed by atoms with E-state index in [0.29, 0.717) is 36.7 Å². The van der Waals surface area contributed by atoms with Crippen LogP contribution in [0.25, 0.3) is 16.2 Å². The first-order valence-corrected chi connectivity index (χ1v) is 9.25. The number of fused-ring (bicyclic) bond motifs is 1. The molecule has 1 N–H and O–H groups in total. The van der Waals surface area contributed by atoms with Crippen LogP contribution in [0, 0.1) is 0 Å². The number of thiophene rings is 1. The first kappa shape index (κ1) is 18.1. The van der Waals surface area contributed by atoms with Crippen molar-refractivity contribution in [2.45, 2.75) is 26.7 Å². The van der Waals surface area contributed by atoms with E-state index < -0.39 is 0 Å². The molecule has 3 aromatic rings. The lowest BCUT2D eigenvalue weighted by Crippen LogP contribution is -2.09. The maximum absolute atomic E-state index is 11.5. The minimum atomic E-state index is -0.187. The lowest BCUT2D eigenvalue weighted by molar-refractivity contribution is -0.143. The average molecular weight is 372 g/mol. The molecule has 7 nitrogen and oxygen atoms in total. The van der Waals surface area contributed by atoms with Gasteiger partial charge in [-0.25, -0.2) is 9.50 Å². The summed E-state index contributed by atoms with van der Waals surface area (Å²) in [7, 11) is 0. The number of nitrogens with one attached hydrogen (secondary N) is 1. The maximum Gasteiger partial charge on any atom is 0.305 e. The molecule has 0 bridgehead atoms. The summed E-state index contributed by atoms with van der Waals surface area (Å²) in [6, 6.07) is 7.46. The summed E-state index contributed by atoms with van der Waals surface area (Å²) >= 11 is 1.43. The Bertz CT molecular complexity index is 932. The maximum atomic E-state index is 11.5. The highest BCUT2D eigenvalue weighted by Crippen LogP contribution is 2.28. The van der Waals surface area contributed by atoms with Crippen molar-refractivity contribution in [2.24, 2.45) is 0 Å². The third kappa shape index (κ3) is 4.08. The summed E-state index contributed by atoms with van der Waals surface area (Å²) in [5.74, 6) is 0.560. The predicted octanol–water partition coefficient (Wildman–Crippen LogP) is 3.42. The predicted molar refractivity (Wildman–Crippen MR) is 101 cm³/mol. The van der Waals surface area contributed by atoms with Crippen LogP contribution in [0.5, 0.6) is 0 Å². The van der Waals surface area contributed by atoms with Gasteiger partial charge < -0.3 is 10.1 Å². The van der Waals surface area contributed by atoms with E-state index in [4.69, 9.17) is 4.74 Å². The van der Waals surface area contributed by atoms with Crippen molar-refractivity contribution in [2.75, 3.05) is 18.5 Å². The van der Waals surface area contributed by atoms with Gasteiger partial charge in [0.25, 0.3) is 0 Å². The van der Waals surface area contributed by atoms with Gasteiger partial charge in [0.05, 0.1) is 22.6 Å². The Kier molecular flexibility index (Phi) is 5.62. The van der Waals surface area contributed by atoms with Gasteiger partial charge in [-0.05, 0) is 44.5 Å². The number of rotatable bonds is 8. The highest BCUT2D eigenvalue weighted by atomic mass is 32.1. The molecule has 0 saturated heterocycles. The highest BCUT2D eigenvalue weighted by molar-refractivity contribution is 7.17. The summed E-state index contributed by atoms with van der Waals surface area (Å²) in [5, 5.41) is 7.78. The monoisotopic (exact) mass is 372 g/mol. The molecule has 0 saturated carbocycles. The normalized spacial score (nSPS) is 10.8. The van der Waals surface area contributed by atoms with Crippen LogP contribution < -0.4 is 5.32 Å². The van der Waals surface area contributed by atoms with Gasteiger partial charge in [-0.1, -0.05) is 0 Å². The standard InChI is InChI=1S/C18H20N4O3S/c1-3-25-18(24)5-4-10-19-16-8-9-17-20-11-13(22(17)21-16)15-7-6-14(26-15)12(2)23/h6-9,11H,3-5,10H2,1-2H3,(H,19,21). The van der Waals surface area contributed by atoms with Gasteiger partial charge in [0, 0.05) is 13.0 Å². The number of ether oxygens (including phenoxy) is 1. The molecule has 3 heterocycles. The molecular weight excluding hydrogens is 352 g/mol. The molecular formula is C18H20N4O3S. The van der Waals surface area contributed by atoms with Crippen LogP contribution in [0.4, 0.5) is 5.82 Å². The SMILES string of the molecule is CCOC(=O)CCCNc1ccc2ncc(-c3ccc(C(C)=O)s3)n2n1. The molecule has 0 aliphatic heterocycles. The van der Waals surface area contributed by atoms with E-state index in [1.807, 2.05) is 24.3 Å². The van der Waals surface area contributed by atoms with Crippen LogP contribution >= 0.6 is 11.3 Å². The van der Waals surface area contributed by atoms with E-state index in [1.165, 1.54) is 11.3 Å². The summed E-state index contributed by atoms with van der Waals surface area (Å²) in [5.41, 5.74) is 1.57. The zero-order valence-electron chi connectivity index (χ0n) is 14.7. The van der Waals surface area contributed by atoms with Gasteiger partial charge in [0.1, 0.15) is 11.5 Å². The van der Waals surface area contributed by atoms with Gasteiger partial charge in [0.2, 0.25) is 0 Å². The van der Waals surface area contributed by atoms with Crippen LogP contribution in [0.3, 0.4) is 0 Å². The zero-order chi connectivity index (χ0) is 18.5. The van der Waals surface area contributed by atoms with Crippen molar-refractivity contribution in [3.05, 3.63) is 35.3 Å². The van der Waals surface area contributed by atoms with E-state index in [-0.39, 0.29) is 11.8 Å². The Morgan fingerprint density at radius 2 is 2.12 bits per heavy atom. The van der Waals surface area contributed by atoms with Crippen LogP contribution in [0.15, 0.2) is 30.5 Å². The van der Waals surface area contributed by atoms with Crippen molar-refractivity contribution in [1.29, 1.82) is 0 Å². The number of aromatic nitrogens is 3. The molecule has 0 unspecified atom stereocenters. The number of imidazole rings is 1. The van der Waals surface area contributed by atoms with E-state index in [0.717, 1.165) is 16.2 Å². The number of hydrogen-bond acceptors (Lipinski definition) is 7. The molecule has 0 aliphatic rings. The van der Waals surface area contributed by atoms with Crippen LogP contribution in [0.2, 0.25) is 0 Å². The van der Waals surface area contributed by atoms with Gasteiger partial charge in [-0.2, -0.15) is 0 Å². The number of anilines is 1. The van der Waals surface area contributed by atoms with Gasteiger partial charge in [0.15, 0.2) is 11.4 Å². The Labute approximate surface area is 155 Å². The molecule has 8 heteroatoms. The van der Waals surface area contributed by atoms with Crippen LogP contribution in [-0.2, 0) is 9.53 Å². The first-order valence-electron chi connectivity index (χ1n) is 8.44. The smallest absolute Gasteiger partial charge is 0.305 e. The van der Waals surface area contributed by atoms with E-state index in [1.54, 1.807) is 24.6 Å². The summed E-state index contributed by atoms with van der Waals surface area (Å²) in [6.07, 6.45) is 2.80. The number of carbonyl (C=O) groups is 2. The molecule has 0 radical (unpaired) electrons. The molecule has 0 atom stereocenters. The minimum absolute atomic E-state index is 0.0481. The second kappa shape index (κ2) is 8.09. The fourth-order valence-corrected chi connectivity index (χ4v) is 3.38. The fourth-order valence-electron chi connectivity index (χ4n) is 2.48. The molecule has 0 aromatic carbocycles. The number of esters is 1. The molecule has 3 aromatic heterocycles. The van der Waals surface area contributed by atoms with E-state index in [2.05, 4.69) is 15.4 Å². The molecule has 0 aliphatic carbocycles. The third-order valence-electron chi connectivity index (χ3n) is 3.74. The quantitative estimate of drug-likeness (QED) is 0.370. The van der Waals surface area contributed by atoms with Crippen molar-refractivity contribution in [3.8, 4) is 10.6 Å². The second-order valence-corrected chi connectivity index (χ2v) is 6.77. The van der Waals surface area contributed by atoms with E-state index in [9.17, 15) is 9.59 Å². The molecule has 0 fully saturated rings. The Balaban J connectivity index is 1.71. The lowest BCUT2D eigenvalue weighted by atomic mass is 10.3. The van der Waals surface area contributed by atoms with Gasteiger partial charge >= 0.3 is 5.97 Å². The van der Waals surface area contributed by atoms with Crippen molar-refractivity contribution in [3.63, 3.8) is 0 Å². The van der Waals surface area contributed by atoms with Crippen molar-refractivity contribution in [1.82, 2.24) is 14.6 Å². The Morgan fingerprint density at radius 1 is 1.27 bits per heavy atom. The number of nitrogens with zero attached hydrogens (tertiary/aromatic N) is 3. The van der Waals surface area contributed by atoms with Crippen molar-refractivity contribution >= 4 is 34.6 Å². The zero-order valence-corrected chi connectivity index (χ0v) is 15.5. The highest BCUT2D eigenvalue weighted by Gasteiger charge is 2.12.